The zero-order valence-corrected chi connectivity index (χ0v) is 14.7. The Morgan fingerprint density at radius 3 is 2.58 bits per heavy atom. The summed E-state index contributed by atoms with van der Waals surface area (Å²) in [5.74, 6) is -0.00994. The molecule has 0 atom stereocenters. The molecular formula is C19H20FN5O. The lowest BCUT2D eigenvalue weighted by Gasteiger charge is -2.11. The maximum absolute atomic E-state index is 14.1. The molecule has 0 aliphatic rings. The minimum absolute atomic E-state index is 0.198. The molecule has 0 spiro atoms. The van der Waals surface area contributed by atoms with E-state index >= 15 is 0 Å². The predicted molar refractivity (Wildman–Crippen MR) is 98.1 cm³/mol. The van der Waals surface area contributed by atoms with Crippen LogP contribution in [0.4, 0.5) is 10.3 Å². The van der Waals surface area contributed by atoms with Gasteiger partial charge in [0.05, 0.1) is 11.3 Å². The average molecular weight is 353 g/mol. The molecular weight excluding hydrogens is 333 g/mol. The fraction of sp³-hybridized carbons (Fsp3) is 0.211. The Kier molecular flexibility index (Phi) is 5.26. The van der Waals surface area contributed by atoms with Gasteiger partial charge in [-0.15, -0.1) is 0 Å². The Morgan fingerprint density at radius 1 is 1.12 bits per heavy atom. The van der Waals surface area contributed by atoms with Crippen LogP contribution >= 0.6 is 0 Å². The van der Waals surface area contributed by atoms with Gasteiger partial charge in [-0.3, -0.25) is 4.79 Å². The third-order valence-electron chi connectivity index (χ3n) is 4.03. The number of halogens is 1. The molecule has 134 valence electrons. The van der Waals surface area contributed by atoms with E-state index in [2.05, 4.69) is 20.6 Å². The summed E-state index contributed by atoms with van der Waals surface area (Å²) in [6.07, 6.45) is 3.29. The number of aryl methyl sites for hydroxylation is 1. The molecule has 0 radical (unpaired) electrons. The van der Waals surface area contributed by atoms with Gasteiger partial charge >= 0.3 is 0 Å². The van der Waals surface area contributed by atoms with Crippen molar-refractivity contribution in [3.8, 4) is 5.69 Å². The van der Waals surface area contributed by atoms with Crippen molar-refractivity contribution in [2.45, 2.75) is 13.8 Å². The SMILES string of the molecule is Cc1cc(C(=O)NCCNc2ncccn2)c(C)n1-c1ccccc1F. The molecule has 0 fully saturated rings. The van der Waals surface area contributed by atoms with Crippen LogP contribution in [0.2, 0.25) is 0 Å². The number of rotatable bonds is 6. The minimum atomic E-state index is -0.326. The van der Waals surface area contributed by atoms with Gasteiger partial charge in [-0.1, -0.05) is 12.1 Å². The van der Waals surface area contributed by atoms with Crippen molar-refractivity contribution in [3.63, 3.8) is 0 Å². The van der Waals surface area contributed by atoms with E-state index in [0.29, 0.717) is 36.0 Å². The van der Waals surface area contributed by atoms with Gasteiger partial charge in [0, 0.05) is 36.9 Å². The summed E-state index contributed by atoms with van der Waals surface area (Å²) in [6, 6.07) is 10.0. The maximum atomic E-state index is 14.1. The van der Waals surface area contributed by atoms with Crippen molar-refractivity contribution >= 4 is 11.9 Å². The van der Waals surface area contributed by atoms with Gasteiger partial charge in [-0.25, -0.2) is 14.4 Å². The normalized spacial score (nSPS) is 10.6. The number of carbonyl (C=O) groups is 1. The van der Waals surface area contributed by atoms with E-state index < -0.39 is 0 Å². The van der Waals surface area contributed by atoms with Crippen molar-refractivity contribution in [1.29, 1.82) is 0 Å². The van der Waals surface area contributed by atoms with Crippen molar-refractivity contribution in [3.05, 3.63) is 71.6 Å². The lowest BCUT2D eigenvalue weighted by atomic mass is 10.2. The highest BCUT2D eigenvalue weighted by Crippen LogP contribution is 2.22. The first-order valence-electron chi connectivity index (χ1n) is 8.31. The summed E-state index contributed by atoms with van der Waals surface area (Å²) in [7, 11) is 0. The number of anilines is 1. The van der Waals surface area contributed by atoms with Crippen LogP contribution in [0, 0.1) is 19.7 Å². The van der Waals surface area contributed by atoms with E-state index in [9.17, 15) is 9.18 Å². The number of nitrogens with one attached hydrogen (secondary N) is 2. The first-order valence-corrected chi connectivity index (χ1v) is 8.31. The predicted octanol–water partition coefficient (Wildman–Crippen LogP) is 2.87. The Morgan fingerprint density at radius 2 is 1.85 bits per heavy atom. The first kappa shape index (κ1) is 17.6. The quantitative estimate of drug-likeness (QED) is 0.669. The van der Waals surface area contributed by atoms with Gasteiger partial charge in [0.25, 0.3) is 5.91 Å². The molecule has 2 heterocycles. The van der Waals surface area contributed by atoms with Crippen LogP contribution in [0.1, 0.15) is 21.7 Å². The molecule has 6 nitrogen and oxygen atoms in total. The molecule has 7 heteroatoms. The monoisotopic (exact) mass is 353 g/mol. The molecule has 26 heavy (non-hydrogen) atoms. The van der Waals surface area contributed by atoms with Gasteiger partial charge in [0.2, 0.25) is 5.95 Å². The highest BCUT2D eigenvalue weighted by atomic mass is 19.1. The van der Waals surface area contributed by atoms with E-state index in [4.69, 9.17) is 0 Å². The van der Waals surface area contributed by atoms with Crippen LogP contribution in [0.5, 0.6) is 0 Å². The van der Waals surface area contributed by atoms with Crippen LogP contribution < -0.4 is 10.6 Å². The number of benzene rings is 1. The molecule has 1 aromatic carbocycles. The topological polar surface area (TPSA) is 71.8 Å². The van der Waals surface area contributed by atoms with Crippen LogP contribution in [0.3, 0.4) is 0 Å². The van der Waals surface area contributed by atoms with Crippen molar-refractivity contribution in [2.75, 3.05) is 18.4 Å². The van der Waals surface area contributed by atoms with E-state index in [1.54, 1.807) is 47.3 Å². The number of carbonyl (C=O) groups excluding carboxylic acids is 1. The summed E-state index contributed by atoms with van der Waals surface area (Å²) < 4.78 is 15.9. The maximum Gasteiger partial charge on any atom is 0.253 e. The summed E-state index contributed by atoms with van der Waals surface area (Å²) >= 11 is 0. The molecule has 3 rings (SSSR count). The van der Waals surface area contributed by atoms with Crippen LogP contribution in [-0.4, -0.2) is 33.5 Å². The Hall–Kier alpha value is -3.22. The van der Waals surface area contributed by atoms with Crippen LogP contribution in [0.25, 0.3) is 5.69 Å². The summed E-state index contributed by atoms with van der Waals surface area (Å²) in [4.78, 5) is 20.6. The standard InChI is InChI=1S/C19H20FN5O/c1-13-12-15(14(2)25(13)17-7-4-3-6-16(17)20)18(26)21-10-11-24-19-22-8-5-9-23-19/h3-9,12H,10-11H2,1-2H3,(H,21,26)(H,22,23,24). The third kappa shape index (κ3) is 3.72. The van der Waals surface area contributed by atoms with Gasteiger partial charge in [-0.05, 0) is 38.1 Å². The van der Waals surface area contributed by atoms with Gasteiger partial charge in [0.1, 0.15) is 5.82 Å². The second-order valence-electron chi connectivity index (χ2n) is 5.83. The molecule has 3 aromatic rings. The molecule has 0 unspecified atom stereocenters. The van der Waals surface area contributed by atoms with Gasteiger partial charge in [0.15, 0.2) is 0 Å². The lowest BCUT2D eigenvalue weighted by molar-refractivity contribution is 0.0954. The summed E-state index contributed by atoms with van der Waals surface area (Å²) in [5, 5.41) is 5.88. The smallest absolute Gasteiger partial charge is 0.253 e. The van der Waals surface area contributed by atoms with E-state index in [-0.39, 0.29) is 11.7 Å². The Balaban J connectivity index is 1.67. The fourth-order valence-corrected chi connectivity index (χ4v) is 2.83. The highest BCUT2D eigenvalue weighted by molar-refractivity contribution is 5.95. The van der Waals surface area contributed by atoms with Gasteiger partial charge in [-0.2, -0.15) is 0 Å². The number of hydrogen-bond acceptors (Lipinski definition) is 4. The van der Waals surface area contributed by atoms with Crippen LogP contribution in [0.15, 0.2) is 48.8 Å². The van der Waals surface area contributed by atoms with Crippen molar-refractivity contribution < 1.29 is 9.18 Å². The number of amides is 1. The molecule has 0 saturated heterocycles. The highest BCUT2D eigenvalue weighted by Gasteiger charge is 2.17. The Bertz CT molecular complexity index is 908. The summed E-state index contributed by atoms with van der Waals surface area (Å²) in [6.45, 7) is 4.58. The number of hydrogen-bond donors (Lipinski definition) is 2. The van der Waals surface area contributed by atoms with E-state index in [1.807, 2.05) is 13.8 Å². The average Bonchev–Trinajstić information content (AvgIpc) is 2.94. The van der Waals surface area contributed by atoms with Crippen molar-refractivity contribution in [1.82, 2.24) is 19.9 Å². The number of para-hydroxylation sites is 1. The second kappa shape index (κ2) is 7.77. The minimum Gasteiger partial charge on any atom is -0.352 e. The molecule has 0 aliphatic carbocycles. The van der Waals surface area contributed by atoms with Crippen molar-refractivity contribution in [2.24, 2.45) is 0 Å². The molecule has 1 amide bonds. The second-order valence-corrected chi connectivity index (χ2v) is 5.83. The summed E-state index contributed by atoms with van der Waals surface area (Å²) in [5.41, 5.74) is 2.46. The number of aromatic nitrogens is 3. The fourth-order valence-electron chi connectivity index (χ4n) is 2.83. The molecule has 2 N–H and O–H groups in total. The largest absolute Gasteiger partial charge is 0.352 e. The van der Waals surface area contributed by atoms with Gasteiger partial charge < -0.3 is 15.2 Å². The zero-order valence-electron chi connectivity index (χ0n) is 14.7. The third-order valence-corrected chi connectivity index (χ3v) is 4.03. The number of nitrogens with zero attached hydrogens (tertiary/aromatic N) is 3. The molecule has 0 bridgehead atoms. The van der Waals surface area contributed by atoms with E-state index in [1.165, 1.54) is 6.07 Å². The molecule has 0 aliphatic heterocycles. The lowest BCUT2D eigenvalue weighted by Crippen LogP contribution is -2.29. The Labute approximate surface area is 151 Å². The molecule has 2 aromatic heterocycles. The van der Waals surface area contributed by atoms with Crippen LogP contribution in [-0.2, 0) is 0 Å². The zero-order chi connectivity index (χ0) is 18.5. The molecule has 0 saturated carbocycles. The first-order chi connectivity index (χ1) is 12.6. The van der Waals surface area contributed by atoms with E-state index in [0.717, 1.165) is 5.69 Å².